The number of nitriles is 1. The molecule has 50 heavy (non-hydrogen) atoms. The van der Waals surface area contributed by atoms with Gasteiger partial charge in [-0.2, -0.15) is 5.26 Å². The molecule has 5 aromatic rings. The maximum absolute atomic E-state index is 13.4. The van der Waals surface area contributed by atoms with Gasteiger partial charge in [0.25, 0.3) is 5.91 Å². The van der Waals surface area contributed by atoms with Crippen LogP contribution in [0.5, 0.6) is 17.2 Å². The van der Waals surface area contributed by atoms with Crippen LogP contribution in [0, 0.1) is 18.3 Å². The molecule has 6 rings (SSSR count). The van der Waals surface area contributed by atoms with E-state index in [9.17, 15) is 10.1 Å². The van der Waals surface area contributed by atoms with Crippen molar-refractivity contribution in [3.05, 3.63) is 143 Å². The molecule has 1 aliphatic heterocycles. The predicted octanol–water partition coefficient (Wildman–Crippen LogP) is 8.81. The molecule has 2 heterocycles. The molecule has 0 unspecified atom stereocenters. The van der Waals surface area contributed by atoms with Gasteiger partial charge in [-0.05, 0) is 96.6 Å². The average Bonchev–Trinajstić information content (AvgIpc) is 3.69. The van der Waals surface area contributed by atoms with Crippen molar-refractivity contribution in [1.29, 1.82) is 5.26 Å². The van der Waals surface area contributed by atoms with Crippen LogP contribution in [0.4, 0.5) is 11.4 Å². The number of carbonyl (C=O) groups is 1. The Morgan fingerprint density at radius 1 is 0.900 bits per heavy atom. The maximum atomic E-state index is 13.4. The minimum atomic E-state index is -0.00476. The second-order valence-electron chi connectivity index (χ2n) is 12.3. The molecule has 0 radical (unpaired) electrons. The highest BCUT2D eigenvalue weighted by molar-refractivity contribution is 7.99. The van der Waals surface area contributed by atoms with E-state index in [1.54, 1.807) is 24.2 Å². The number of nitrogens with one attached hydrogen (secondary N) is 1. The number of anilines is 2. The molecular formula is C41H41N5O3S. The van der Waals surface area contributed by atoms with Gasteiger partial charge in [0.05, 0.1) is 18.2 Å². The average molecular weight is 684 g/mol. The third kappa shape index (κ3) is 8.95. The third-order valence-electron chi connectivity index (χ3n) is 8.75. The monoisotopic (exact) mass is 683 g/mol. The van der Waals surface area contributed by atoms with Crippen molar-refractivity contribution in [1.82, 2.24) is 9.88 Å². The molecule has 0 spiro atoms. The summed E-state index contributed by atoms with van der Waals surface area (Å²) in [6.07, 6.45) is 8.36. The molecule has 1 saturated heterocycles. The largest absolute Gasteiger partial charge is 0.493 e. The van der Waals surface area contributed by atoms with E-state index in [0.717, 1.165) is 59.6 Å². The van der Waals surface area contributed by atoms with Crippen LogP contribution < -0.4 is 19.1 Å². The summed E-state index contributed by atoms with van der Waals surface area (Å²) < 4.78 is 15.9. The van der Waals surface area contributed by atoms with Crippen molar-refractivity contribution >= 4 is 29.2 Å². The van der Waals surface area contributed by atoms with Crippen molar-refractivity contribution < 1.29 is 14.3 Å². The molecule has 254 valence electrons. The van der Waals surface area contributed by atoms with Crippen molar-refractivity contribution in [2.75, 3.05) is 35.6 Å². The molecule has 1 amide bonds. The minimum Gasteiger partial charge on any atom is -0.493 e. The summed E-state index contributed by atoms with van der Waals surface area (Å²) >= 11 is 1.57. The van der Waals surface area contributed by atoms with Crippen molar-refractivity contribution in [3.8, 4) is 23.3 Å². The molecule has 1 aliphatic rings. The molecule has 0 saturated carbocycles. The molecule has 0 atom stereocenters. The normalized spacial score (nSPS) is 12.3. The van der Waals surface area contributed by atoms with E-state index >= 15 is 0 Å². The number of carbonyl (C=O) groups excluding carboxylic acids is 1. The van der Waals surface area contributed by atoms with Crippen LogP contribution in [0.25, 0.3) is 0 Å². The smallest absolute Gasteiger partial charge is 0.254 e. The molecule has 1 fully saturated rings. The summed E-state index contributed by atoms with van der Waals surface area (Å²) in [5, 5.41) is 9.28. The van der Waals surface area contributed by atoms with Crippen LogP contribution in [-0.2, 0) is 19.5 Å². The summed E-state index contributed by atoms with van der Waals surface area (Å²) in [5.41, 5.74) is 7.90. The second kappa shape index (κ2) is 16.8. The Hall–Kier alpha value is -5.46. The minimum absolute atomic E-state index is 0.00476. The fourth-order valence-electron chi connectivity index (χ4n) is 6.11. The Bertz CT molecular complexity index is 1920. The van der Waals surface area contributed by atoms with E-state index in [0.29, 0.717) is 54.5 Å². The lowest BCUT2D eigenvalue weighted by atomic mass is 10.1. The summed E-state index contributed by atoms with van der Waals surface area (Å²) in [7, 11) is 0. The first kappa shape index (κ1) is 34.4. The summed E-state index contributed by atoms with van der Waals surface area (Å²) in [5.74, 6) is 1.81. The zero-order valence-corrected chi connectivity index (χ0v) is 29.3. The van der Waals surface area contributed by atoms with Gasteiger partial charge in [0.15, 0.2) is 0 Å². The zero-order chi connectivity index (χ0) is 34.7. The van der Waals surface area contributed by atoms with Crippen LogP contribution in [0.3, 0.4) is 0 Å². The van der Waals surface area contributed by atoms with Crippen molar-refractivity contribution in [2.24, 2.45) is 0 Å². The highest BCUT2D eigenvalue weighted by Crippen LogP contribution is 2.32. The van der Waals surface area contributed by atoms with Gasteiger partial charge >= 0.3 is 0 Å². The Kier molecular flexibility index (Phi) is 11.5. The van der Waals surface area contributed by atoms with E-state index < -0.39 is 0 Å². The lowest BCUT2D eigenvalue weighted by Crippen LogP contribution is -2.27. The number of ether oxygens (including phenoxy) is 2. The number of benzene rings is 4. The van der Waals surface area contributed by atoms with E-state index in [2.05, 4.69) is 57.9 Å². The van der Waals surface area contributed by atoms with Gasteiger partial charge in [-0.25, -0.2) is 0 Å². The molecular weight excluding hydrogens is 643 g/mol. The first-order chi connectivity index (χ1) is 24.5. The number of pyridine rings is 1. The third-order valence-corrected chi connectivity index (χ3v) is 9.17. The Labute approximate surface area is 298 Å². The van der Waals surface area contributed by atoms with Crippen LogP contribution in [0.15, 0.2) is 109 Å². The van der Waals surface area contributed by atoms with Crippen LogP contribution in [0.2, 0.25) is 0 Å². The van der Waals surface area contributed by atoms with E-state index in [1.165, 1.54) is 0 Å². The van der Waals surface area contributed by atoms with E-state index in [4.69, 9.17) is 9.47 Å². The summed E-state index contributed by atoms with van der Waals surface area (Å²) in [4.78, 5) is 21.8. The number of rotatable bonds is 14. The van der Waals surface area contributed by atoms with Gasteiger partial charge in [0, 0.05) is 74.3 Å². The highest BCUT2D eigenvalue weighted by atomic mass is 32.2. The molecule has 0 aliphatic carbocycles. The molecule has 9 heteroatoms. The van der Waals surface area contributed by atoms with Gasteiger partial charge in [0.1, 0.15) is 17.2 Å². The topological polar surface area (TPSA) is 90.7 Å². The maximum Gasteiger partial charge on any atom is 0.254 e. The molecule has 0 bridgehead atoms. The fourth-order valence-corrected chi connectivity index (χ4v) is 6.55. The molecule has 1 aromatic heterocycles. The first-order valence-electron chi connectivity index (χ1n) is 16.8. The van der Waals surface area contributed by atoms with Crippen molar-refractivity contribution in [2.45, 2.75) is 39.3 Å². The SMILES string of the molecule is CSNc1cccc(N(Cc2ccc(C#N)cc2)Cc2ccc(Oc3cc(OCCc4cccnc4)cc(C(=O)N4CCCC4)c3)cc2)c1C. The number of aromatic nitrogens is 1. The van der Waals surface area contributed by atoms with Gasteiger partial charge in [-0.1, -0.05) is 48.3 Å². The predicted molar refractivity (Wildman–Crippen MR) is 201 cm³/mol. The summed E-state index contributed by atoms with van der Waals surface area (Å²) in [6, 6.07) is 33.8. The van der Waals surface area contributed by atoms with Gasteiger partial charge in [-0.3, -0.25) is 9.78 Å². The molecule has 1 N–H and O–H groups in total. The van der Waals surface area contributed by atoms with Gasteiger partial charge in [-0.15, -0.1) is 0 Å². The van der Waals surface area contributed by atoms with Crippen LogP contribution in [0.1, 0.15) is 51.0 Å². The lowest BCUT2D eigenvalue weighted by Gasteiger charge is -2.28. The van der Waals surface area contributed by atoms with E-state index in [-0.39, 0.29) is 5.91 Å². The van der Waals surface area contributed by atoms with E-state index in [1.807, 2.05) is 78.0 Å². The van der Waals surface area contributed by atoms with Crippen LogP contribution in [-0.4, -0.2) is 41.7 Å². The number of hydrogen-bond donors (Lipinski definition) is 1. The Morgan fingerprint density at radius 3 is 2.30 bits per heavy atom. The van der Waals surface area contributed by atoms with Crippen LogP contribution >= 0.6 is 11.9 Å². The fraction of sp³-hybridized carbons (Fsp3) is 0.244. The molecule has 4 aromatic carbocycles. The Balaban J connectivity index is 1.20. The lowest BCUT2D eigenvalue weighted by molar-refractivity contribution is 0.0792. The highest BCUT2D eigenvalue weighted by Gasteiger charge is 2.21. The molecule has 8 nitrogen and oxygen atoms in total. The number of hydrogen-bond acceptors (Lipinski definition) is 8. The van der Waals surface area contributed by atoms with Gasteiger partial charge < -0.3 is 24.0 Å². The summed E-state index contributed by atoms with van der Waals surface area (Å²) in [6.45, 7) is 5.46. The van der Waals surface area contributed by atoms with Gasteiger partial charge in [0.2, 0.25) is 0 Å². The zero-order valence-electron chi connectivity index (χ0n) is 28.5. The number of likely N-dealkylation sites (tertiary alicyclic amines) is 1. The second-order valence-corrected chi connectivity index (χ2v) is 12.9. The number of nitrogens with zero attached hydrogens (tertiary/aromatic N) is 4. The van der Waals surface area contributed by atoms with Crippen molar-refractivity contribution in [3.63, 3.8) is 0 Å². The first-order valence-corrected chi connectivity index (χ1v) is 18.1. The standard InChI is InChI=1S/C41H41N5O3S/c1-30-39(44-50-2)8-5-9-40(30)46(28-33-12-10-31(26-42)11-13-33)29-34-14-16-36(17-15-34)49-38-24-35(41(47)45-20-3-4-21-45)23-37(25-38)48-22-18-32-7-6-19-43-27-32/h5-17,19,23-25,27,44H,3-4,18,20-22,28-29H2,1-2H3. The number of amides is 1. The Morgan fingerprint density at radius 2 is 1.62 bits per heavy atom. The quantitative estimate of drug-likeness (QED) is 0.116.